The average Bonchev–Trinajstić information content (AvgIpc) is 2.56. The molecular weight excluding hydrogens is 302 g/mol. The summed E-state index contributed by atoms with van der Waals surface area (Å²) >= 11 is 0. The lowest BCUT2D eigenvalue weighted by atomic mass is 10.2. The van der Waals surface area contributed by atoms with Crippen molar-refractivity contribution in [3.05, 3.63) is 48.5 Å². The molecule has 0 aliphatic carbocycles. The Morgan fingerprint density at radius 1 is 1.00 bits per heavy atom. The van der Waals surface area contributed by atoms with Gasteiger partial charge < -0.3 is 9.47 Å². The van der Waals surface area contributed by atoms with Crippen LogP contribution in [0.15, 0.2) is 53.4 Å². The van der Waals surface area contributed by atoms with Crippen LogP contribution in [0.25, 0.3) is 0 Å². The molecular formula is C16H19NO4S. The monoisotopic (exact) mass is 321 g/mol. The van der Waals surface area contributed by atoms with Crippen LogP contribution in [0, 0.1) is 0 Å². The molecule has 22 heavy (non-hydrogen) atoms. The number of methoxy groups -OCH3 is 2. The molecule has 0 fully saturated rings. The van der Waals surface area contributed by atoms with E-state index < -0.39 is 10.0 Å². The lowest BCUT2D eigenvalue weighted by molar-refractivity contribution is 0.404. The number of nitrogens with zero attached hydrogens (tertiary/aromatic N) is 1. The summed E-state index contributed by atoms with van der Waals surface area (Å²) in [5, 5.41) is 0. The Balaban J connectivity index is 2.57. The highest BCUT2D eigenvalue weighted by Gasteiger charge is 2.26. The summed E-state index contributed by atoms with van der Waals surface area (Å²) in [6.07, 6.45) is 0. The summed E-state index contributed by atoms with van der Waals surface area (Å²) in [6, 6.07) is 13.4. The van der Waals surface area contributed by atoms with Gasteiger partial charge in [-0.25, -0.2) is 8.42 Å². The van der Waals surface area contributed by atoms with Crippen molar-refractivity contribution in [3.63, 3.8) is 0 Å². The highest BCUT2D eigenvalue weighted by Crippen LogP contribution is 2.35. The molecule has 0 spiro atoms. The molecule has 5 nitrogen and oxygen atoms in total. The van der Waals surface area contributed by atoms with Crippen LogP contribution in [-0.4, -0.2) is 29.2 Å². The minimum absolute atomic E-state index is 0.238. The van der Waals surface area contributed by atoms with Crippen molar-refractivity contribution in [1.82, 2.24) is 0 Å². The number of hydrogen-bond donors (Lipinski definition) is 0. The minimum atomic E-state index is -3.66. The van der Waals surface area contributed by atoms with Crippen molar-refractivity contribution < 1.29 is 17.9 Å². The second-order valence-electron chi connectivity index (χ2n) is 4.52. The van der Waals surface area contributed by atoms with Crippen molar-refractivity contribution >= 4 is 15.7 Å². The van der Waals surface area contributed by atoms with Crippen LogP contribution >= 0.6 is 0 Å². The summed E-state index contributed by atoms with van der Waals surface area (Å²) < 4.78 is 37.5. The van der Waals surface area contributed by atoms with E-state index in [1.807, 2.05) is 0 Å². The summed E-state index contributed by atoms with van der Waals surface area (Å²) in [4.78, 5) is 0.238. The van der Waals surface area contributed by atoms with Gasteiger partial charge in [0.15, 0.2) is 0 Å². The molecule has 0 atom stereocenters. The van der Waals surface area contributed by atoms with Gasteiger partial charge in [0.25, 0.3) is 10.0 Å². The summed E-state index contributed by atoms with van der Waals surface area (Å²) in [6.45, 7) is 2.06. The second-order valence-corrected chi connectivity index (χ2v) is 6.38. The number of hydrogen-bond acceptors (Lipinski definition) is 4. The van der Waals surface area contributed by atoms with Crippen LogP contribution in [0.4, 0.5) is 5.69 Å². The Kier molecular flexibility index (Phi) is 4.92. The van der Waals surface area contributed by atoms with Gasteiger partial charge in [-0.1, -0.05) is 18.2 Å². The van der Waals surface area contributed by atoms with E-state index in [1.165, 1.54) is 18.5 Å². The minimum Gasteiger partial charge on any atom is -0.497 e. The predicted octanol–water partition coefficient (Wildman–Crippen LogP) is 2.92. The largest absolute Gasteiger partial charge is 0.497 e. The molecule has 0 saturated heterocycles. The number of sulfonamides is 1. The summed E-state index contributed by atoms with van der Waals surface area (Å²) in [5.74, 6) is 1.04. The zero-order valence-electron chi connectivity index (χ0n) is 12.8. The molecule has 0 aliphatic rings. The van der Waals surface area contributed by atoms with E-state index in [2.05, 4.69) is 0 Å². The second kappa shape index (κ2) is 6.70. The first-order chi connectivity index (χ1) is 10.5. The van der Waals surface area contributed by atoms with Crippen LogP contribution in [-0.2, 0) is 10.0 Å². The fraction of sp³-hybridized carbons (Fsp3) is 0.250. The van der Waals surface area contributed by atoms with Crippen molar-refractivity contribution in [2.75, 3.05) is 25.1 Å². The van der Waals surface area contributed by atoms with Gasteiger partial charge in [-0.3, -0.25) is 4.31 Å². The van der Waals surface area contributed by atoms with Gasteiger partial charge in [-0.15, -0.1) is 0 Å². The van der Waals surface area contributed by atoms with Crippen molar-refractivity contribution in [1.29, 1.82) is 0 Å². The molecule has 118 valence electrons. The molecule has 2 rings (SSSR count). The van der Waals surface area contributed by atoms with Gasteiger partial charge in [0, 0.05) is 12.6 Å². The SMILES string of the molecule is CCN(c1cc(OC)ccc1OC)S(=O)(=O)c1ccccc1. The van der Waals surface area contributed by atoms with Crippen LogP contribution in [0.1, 0.15) is 6.92 Å². The first kappa shape index (κ1) is 16.2. The lowest BCUT2D eigenvalue weighted by Crippen LogP contribution is -2.31. The quantitative estimate of drug-likeness (QED) is 0.821. The van der Waals surface area contributed by atoms with Gasteiger partial charge in [-0.2, -0.15) is 0 Å². The van der Waals surface area contributed by atoms with Crippen LogP contribution in [0.3, 0.4) is 0 Å². The lowest BCUT2D eigenvalue weighted by Gasteiger charge is -2.25. The van der Waals surface area contributed by atoms with Gasteiger partial charge in [0.2, 0.25) is 0 Å². The Morgan fingerprint density at radius 2 is 1.68 bits per heavy atom. The predicted molar refractivity (Wildman–Crippen MR) is 86.2 cm³/mol. The molecule has 0 aliphatic heterocycles. The average molecular weight is 321 g/mol. The van der Waals surface area contributed by atoms with Crippen molar-refractivity contribution in [3.8, 4) is 11.5 Å². The van der Waals surface area contributed by atoms with Gasteiger partial charge >= 0.3 is 0 Å². The van der Waals surface area contributed by atoms with Gasteiger partial charge in [-0.05, 0) is 31.2 Å². The fourth-order valence-electron chi connectivity index (χ4n) is 2.18. The number of rotatable bonds is 6. The molecule has 0 amide bonds. The normalized spacial score (nSPS) is 11.0. The molecule has 0 unspecified atom stereocenters. The maximum atomic E-state index is 12.9. The first-order valence-electron chi connectivity index (χ1n) is 6.84. The zero-order chi connectivity index (χ0) is 16.2. The Hall–Kier alpha value is -2.21. The number of benzene rings is 2. The Labute approximate surface area is 131 Å². The molecule has 0 heterocycles. The van der Waals surface area contributed by atoms with Crippen LogP contribution < -0.4 is 13.8 Å². The van der Waals surface area contributed by atoms with Crippen molar-refractivity contribution in [2.45, 2.75) is 11.8 Å². The third-order valence-electron chi connectivity index (χ3n) is 3.27. The Morgan fingerprint density at radius 3 is 2.23 bits per heavy atom. The van der Waals surface area contributed by atoms with E-state index in [-0.39, 0.29) is 11.4 Å². The third kappa shape index (κ3) is 3.01. The molecule has 2 aromatic rings. The number of ether oxygens (including phenoxy) is 2. The standard InChI is InChI=1S/C16H19NO4S/c1-4-17(22(18,19)14-8-6-5-7-9-14)15-12-13(20-2)10-11-16(15)21-3/h5-12H,4H2,1-3H3. The molecule has 6 heteroatoms. The topological polar surface area (TPSA) is 55.8 Å². The molecule has 0 saturated carbocycles. The zero-order valence-corrected chi connectivity index (χ0v) is 13.6. The van der Waals surface area contributed by atoms with Crippen LogP contribution in [0.2, 0.25) is 0 Å². The van der Waals surface area contributed by atoms with E-state index in [0.29, 0.717) is 17.2 Å². The van der Waals surface area contributed by atoms with E-state index in [4.69, 9.17) is 9.47 Å². The van der Waals surface area contributed by atoms with Gasteiger partial charge in [0.05, 0.1) is 24.8 Å². The summed E-state index contributed by atoms with van der Waals surface area (Å²) in [7, 11) is -0.620. The molecule has 0 N–H and O–H groups in total. The van der Waals surface area contributed by atoms with Gasteiger partial charge in [0.1, 0.15) is 11.5 Å². The van der Waals surface area contributed by atoms with E-state index >= 15 is 0 Å². The Bertz CT molecular complexity index is 729. The summed E-state index contributed by atoms with van der Waals surface area (Å²) in [5.41, 5.74) is 0.452. The van der Waals surface area contributed by atoms with Crippen molar-refractivity contribution in [2.24, 2.45) is 0 Å². The molecule has 0 aromatic heterocycles. The van der Waals surface area contributed by atoms with E-state index in [1.54, 1.807) is 55.5 Å². The smallest absolute Gasteiger partial charge is 0.264 e. The highest BCUT2D eigenvalue weighted by molar-refractivity contribution is 7.92. The highest BCUT2D eigenvalue weighted by atomic mass is 32.2. The number of anilines is 1. The molecule has 0 radical (unpaired) electrons. The van der Waals surface area contributed by atoms with Crippen LogP contribution in [0.5, 0.6) is 11.5 Å². The molecule has 0 bridgehead atoms. The molecule has 2 aromatic carbocycles. The van der Waals surface area contributed by atoms with E-state index in [0.717, 1.165) is 0 Å². The maximum Gasteiger partial charge on any atom is 0.264 e. The van der Waals surface area contributed by atoms with E-state index in [9.17, 15) is 8.42 Å². The first-order valence-corrected chi connectivity index (χ1v) is 8.28. The maximum absolute atomic E-state index is 12.9. The fourth-order valence-corrected chi connectivity index (χ4v) is 3.68. The third-order valence-corrected chi connectivity index (χ3v) is 5.18.